The Hall–Kier alpha value is -1.47. The molecule has 134 valence electrons. The minimum atomic E-state index is 0.168. The van der Waals surface area contributed by atoms with Crippen LogP contribution in [0.25, 0.3) is 0 Å². The SMILES string of the molecule is Cc1nc(C)n([C@@H]2CCCN(C(=O)CCOC[C@H]3CCCO3)C2)n1. The van der Waals surface area contributed by atoms with Gasteiger partial charge in [0.2, 0.25) is 5.91 Å². The molecule has 0 unspecified atom stereocenters. The molecule has 0 N–H and O–H groups in total. The summed E-state index contributed by atoms with van der Waals surface area (Å²) >= 11 is 0. The van der Waals surface area contributed by atoms with Gasteiger partial charge in [0.05, 0.1) is 31.8 Å². The fourth-order valence-electron chi connectivity index (χ4n) is 3.57. The number of aryl methyl sites for hydroxylation is 2. The van der Waals surface area contributed by atoms with Gasteiger partial charge in [0, 0.05) is 19.7 Å². The maximum Gasteiger partial charge on any atom is 0.224 e. The summed E-state index contributed by atoms with van der Waals surface area (Å²) in [5.41, 5.74) is 0. The Morgan fingerprint density at radius 1 is 1.33 bits per heavy atom. The highest BCUT2D eigenvalue weighted by Gasteiger charge is 2.26. The van der Waals surface area contributed by atoms with Gasteiger partial charge < -0.3 is 14.4 Å². The fraction of sp³-hybridized carbons (Fsp3) is 0.824. The third-order valence-corrected chi connectivity index (χ3v) is 4.79. The van der Waals surface area contributed by atoms with Crippen LogP contribution >= 0.6 is 0 Å². The summed E-state index contributed by atoms with van der Waals surface area (Å²) in [5.74, 6) is 1.88. The predicted molar refractivity (Wildman–Crippen MR) is 88.8 cm³/mol. The molecule has 7 heteroatoms. The van der Waals surface area contributed by atoms with Crippen LogP contribution in [-0.2, 0) is 14.3 Å². The Balaban J connectivity index is 1.43. The first-order valence-corrected chi connectivity index (χ1v) is 9.00. The summed E-state index contributed by atoms with van der Waals surface area (Å²) in [6, 6.07) is 0.233. The van der Waals surface area contributed by atoms with E-state index in [1.165, 1.54) is 0 Å². The van der Waals surface area contributed by atoms with Crippen molar-refractivity contribution >= 4 is 5.91 Å². The fourth-order valence-corrected chi connectivity index (χ4v) is 3.57. The Bertz CT molecular complexity index is 554. The third-order valence-electron chi connectivity index (χ3n) is 4.79. The van der Waals surface area contributed by atoms with Crippen LogP contribution in [0.15, 0.2) is 0 Å². The van der Waals surface area contributed by atoms with Crippen molar-refractivity contribution < 1.29 is 14.3 Å². The lowest BCUT2D eigenvalue weighted by Gasteiger charge is -2.33. The van der Waals surface area contributed by atoms with Gasteiger partial charge in [0.1, 0.15) is 11.6 Å². The van der Waals surface area contributed by atoms with Crippen LogP contribution in [0.2, 0.25) is 0 Å². The van der Waals surface area contributed by atoms with E-state index in [-0.39, 0.29) is 18.1 Å². The third kappa shape index (κ3) is 4.33. The summed E-state index contributed by atoms with van der Waals surface area (Å²) in [4.78, 5) is 18.7. The van der Waals surface area contributed by atoms with E-state index < -0.39 is 0 Å². The van der Waals surface area contributed by atoms with Gasteiger partial charge in [0.25, 0.3) is 0 Å². The smallest absolute Gasteiger partial charge is 0.224 e. The molecule has 2 aliphatic rings. The van der Waals surface area contributed by atoms with Gasteiger partial charge in [0.15, 0.2) is 0 Å². The highest BCUT2D eigenvalue weighted by atomic mass is 16.5. The average molecular weight is 336 g/mol. The number of aromatic nitrogens is 3. The predicted octanol–water partition coefficient (Wildman–Crippen LogP) is 1.64. The summed E-state index contributed by atoms with van der Waals surface area (Å²) in [6.45, 7) is 7.33. The van der Waals surface area contributed by atoms with Gasteiger partial charge in [-0.25, -0.2) is 9.67 Å². The minimum absolute atomic E-state index is 0.168. The first-order valence-electron chi connectivity index (χ1n) is 9.00. The van der Waals surface area contributed by atoms with Gasteiger partial charge in [-0.15, -0.1) is 0 Å². The molecule has 2 fully saturated rings. The number of nitrogens with zero attached hydrogens (tertiary/aromatic N) is 4. The summed E-state index contributed by atoms with van der Waals surface area (Å²) in [7, 11) is 0. The topological polar surface area (TPSA) is 69.5 Å². The van der Waals surface area contributed by atoms with Crippen LogP contribution in [0.1, 0.15) is 49.8 Å². The number of carbonyl (C=O) groups is 1. The lowest BCUT2D eigenvalue weighted by Crippen LogP contribution is -2.41. The second kappa shape index (κ2) is 8.07. The molecule has 0 radical (unpaired) electrons. The molecule has 1 aromatic heterocycles. The Labute approximate surface area is 143 Å². The number of rotatable bonds is 6. The van der Waals surface area contributed by atoms with E-state index in [0.29, 0.717) is 26.2 Å². The molecule has 1 aromatic rings. The van der Waals surface area contributed by atoms with E-state index in [9.17, 15) is 4.79 Å². The van der Waals surface area contributed by atoms with Crippen molar-refractivity contribution in [2.75, 3.05) is 32.9 Å². The monoisotopic (exact) mass is 336 g/mol. The molecule has 2 atom stereocenters. The lowest BCUT2D eigenvalue weighted by molar-refractivity contribution is -0.134. The van der Waals surface area contributed by atoms with E-state index >= 15 is 0 Å². The van der Waals surface area contributed by atoms with Crippen LogP contribution in [0.4, 0.5) is 0 Å². The van der Waals surface area contributed by atoms with Crippen molar-refractivity contribution in [1.82, 2.24) is 19.7 Å². The highest BCUT2D eigenvalue weighted by Crippen LogP contribution is 2.22. The van der Waals surface area contributed by atoms with Gasteiger partial charge in [-0.3, -0.25) is 4.79 Å². The van der Waals surface area contributed by atoms with Crippen LogP contribution in [0.5, 0.6) is 0 Å². The first-order chi connectivity index (χ1) is 11.6. The van der Waals surface area contributed by atoms with Crippen molar-refractivity contribution in [1.29, 1.82) is 0 Å². The second-order valence-electron chi connectivity index (χ2n) is 6.75. The zero-order valence-electron chi connectivity index (χ0n) is 14.7. The Morgan fingerprint density at radius 2 is 2.21 bits per heavy atom. The summed E-state index contributed by atoms with van der Waals surface area (Å²) in [5, 5.41) is 4.48. The molecule has 0 aliphatic carbocycles. The average Bonchev–Trinajstić information content (AvgIpc) is 3.21. The molecule has 0 spiro atoms. The molecule has 0 aromatic carbocycles. The lowest BCUT2D eigenvalue weighted by atomic mass is 10.1. The molecule has 3 heterocycles. The quantitative estimate of drug-likeness (QED) is 0.739. The maximum atomic E-state index is 12.4. The Morgan fingerprint density at radius 3 is 2.92 bits per heavy atom. The van der Waals surface area contributed by atoms with Gasteiger partial charge >= 0.3 is 0 Å². The normalized spacial score (nSPS) is 24.5. The molecule has 2 saturated heterocycles. The number of hydrogen-bond donors (Lipinski definition) is 0. The maximum absolute atomic E-state index is 12.4. The largest absolute Gasteiger partial charge is 0.378 e. The van der Waals surface area contributed by atoms with Gasteiger partial charge in [-0.1, -0.05) is 0 Å². The number of piperidine rings is 1. The molecule has 0 saturated carbocycles. The van der Waals surface area contributed by atoms with Gasteiger partial charge in [-0.05, 0) is 39.5 Å². The van der Waals surface area contributed by atoms with Crippen molar-refractivity contribution in [3.63, 3.8) is 0 Å². The number of amides is 1. The van der Waals surface area contributed by atoms with Crippen molar-refractivity contribution in [3.8, 4) is 0 Å². The van der Waals surface area contributed by atoms with E-state index in [2.05, 4.69) is 10.1 Å². The summed E-state index contributed by atoms with van der Waals surface area (Å²) < 4.78 is 13.1. The van der Waals surface area contributed by atoms with Crippen molar-refractivity contribution in [2.24, 2.45) is 0 Å². The van der Waals surface area contributed by atoms with E-state index in [1.807, 2.05) is 23.4 Å². The standard InChI is InChI=1S/C17H28N4O3/c1-13-18-14(2)21(19-13)15-5-3-8-20(11-15)17(22)7-10-23-12-16-6-4-9-24-16/h15-16H,3-12H2,1-2H3/t15-,16-/m1/s1. The number of hydrogen-bond acceptors (Lipinski definition) is 5. The molecule has 2 aliphatic heterocycles. The Kier molecular flexibility index (Phi) is 5.84. The van der Waals surface area contributed by atoms with E-state index in [1.54, 1.807) is 0 Å². The minimum Gasteiger partial charge on any atom is -0.378 e. The number of carbonyl (C=O) groups excluding carboxylic acids is 1. The molecule has 24 heavy (non-hydrogen) atoms. The molecule has 1 amide bonds. The molecule has 0 bridgehead atoms. The molecular weight excluding hydrogens is 308 g/mol. The second-order valence-corrected chi connectivity index (χ2v) is 6.75. The number of ether oxygens (including phenoxy) is 2. The van der Waals surface area contributed by atoms with Gasteiger partial charge in [-0.2, -0.15) is 5.10 Å². The zero-order chi connectivity index (χ0) is 16.9. The molecule has 3 rings (SSSR count). The van der Waals surface area contributed by atoms with E-state index in [4.69, 9.17) is 9.47 Å². The van der Waals surface area contributed by atoms with Crippen LogP contribution in [-0.4, -0.2) is 64.6 Å². The van der Waals surface area contributed by atoms with Crippen molar-refractivity contribution in [3.05, 3.63) is 11.6 Å². The van der Waals surface area contributed by atoms with Crippen LogP contribution in [0.3, 0.4) is 0 Å². The molecular formula is C17H28N4O3. The van der Waals surface area contributed by atoms with Crippen LogP contribution in [0, 0.1) is 13.8 Å². The zero-order valence-corrected chi connectivity index (χ0v) is 14.7. The highest BCUT2D eigenvalue weighted by molar-refractivity contribution is 5.76. The van der Waals surface area contributed by atoms with Crippen LogP contribution < -0.4 is 0 Å². The number of likely N-dealkylation sites (tertiary alicyclic amines) is 1. The van der Waals surface area contributed by atoms with Crippen molar-refractivity contribution in [2.45, 2.75) is 58.1 Å². The first kappa shape index (κ1) is 17.4. The van der Waals surface area contributed by atoms with E-state index in [0.717, 1.165) is 50.5 Å². The summed E-state index contributed by atoms with van der Waals surface area (Å²) in [6.07, 6.45) is 4.89. The molecule has 7 nitrogen and oxygen atoms in total.